The summed E-state index contributed by atoms with van der Waals surface area (Å²) in [6, 6.07) is 11.6. The van der Waals surface area contributed by atoms with Gasteiger partial charge in [-0.3, -0.25) is 14.5 Å². The number of aliphatic hydroxyl groups is 1. The van der Waals surface area contributed by atoms with Crippen molar-refractivity contribution in [2.45, 2.75) is 39.7 Å². The van der Waals surface area contributed by atoms with E-state index in [-0.39, 0.29) is 27.3 Å². The number of anilines is 1. The topological polar surface area (TPSA) is 106 Å². The van der Waals surface area contributed by atoms with Crippen LogP contribution in [-0.2, 0) is 14.3 Å². The molecule has 1 aliphatic rings. The fourth-order valence-electron chi connectivity index (χ4n) is 4.36. The van der Waals surface area contributed by atoms with E-state index in [4.69, 9.17) is 9.47 Å². The van der Waals surface area contributed by atoms with Crippen LogP contribution in [0, 0.1) is 13.8 Å². The molecule has 0 aliphatic carbocycles. The maximum atomic E-state index is 13.4. The van der Waals surface area contributed by atoms with E-state index in [0.29, 0.717) is 22.6 Å². The van der Waals surface area contributed by atoms with Gasteiger partial charge in [0.15, 0.2) is 5.13 Å². The third-order valence-electron chi connectivity index (χ3n) is 6.39. The molecule has 0 saturated carbocycles. The molecule has 9 heteroatoms. The summed E-state index contributed by atoms with van der Waals surface area (Å²) >= 11 is 0.965. The Labute approximate surface area is 219 Å². The Balaban J connectivity index is 1.93. The monoisotopic (exact) mass is 520 g/mol. The number of rotatable bonds is 6. The van der Waals surface area contributed by atoms with Gasteiger partial charge in [0.1, 0.15) is 16.4 Å². The van der Waals surface area contributed by atoms with E-state index in [1.54, 1.807) is 32.2 Å². The number of ketones is 1. The van der Waals surface area contributed by atoms with Crippen molar-refractivity contribution in [1.82, 2.24) is 4.98 Å². The minimum atomic E-state index is -0.945. The van der Waals surface area contributed by atoms with E-state index in [1.807, 2.05) is 31.2 Å². The van der Waals surface area contributed by atoms with Crippen molar-refractivity contribution in [2.75, 3.05) is 19.1 Å². The minimum absolute atomic E-state index is 0.0562. The highest BCUT2D eigenvalue weighted by atomic mass is 32.1. The number of methoxy groups -OCH3 is 2. The van der Waals surface area contributed by atoms with Crippen molar-refractivity contribution in [3.8, 4) is 5.75 Å². The van der Waals surface area contributed by atoms with Gasteiger partial charge in [0, 0.05) is 5.56 Å². The third-order valence-corrected chi connectivity index (χ3v) is 7.53. The Morgan fingerprint density at radius 2 is 1.76 bits per heavy atom. The number of aryl methyl sites for hydroxylation is 2. The largest absolute Gasteiger partial charge is 0.507 e. The first kappa shape index (κ1) is 26.1. The van der Waals surface area contributed by atoms with E-state index < -0.39 is 23.7 Å². The number of nitrogens with zero attached hydrogens (tertiary/aromatic N) is 2. The number of esters is 1. The molecule has 0 unspecified atom stereocenters. The Bertz CT molecular complexity index is 1420. The number of aliphatic hydroxyl groups excluding tert-OH is 1. The summed E-state index contributed by atoms with van der Waals surface area (Å²) in [5, 5.41) is 11.5. The van der Waals surface area contributed by atoms with Gasteiger partial charge < -0.3 is 14.6 Å². The van der Waals surface area contributed by atoms with Gasteiger partial charge >= 0.3 is 11.9 Å². The summed E-state index contributed by atoms with van der Waals surface area (Å²) in [5.41, 5.74) is 3.18. The van der Waals surface area contributed by atoms with Crippen LogP contribution in [0.5, 0.6) is 5.75 Å². The molecule has 1 N–H and O–H groups in total. The van der Waals surface area contributed by atoms with Crippen molar-refractivity contribution in [1.29, 1.82) is 0 Å². The molecule has 3 aromatic rings. The predicted molar refractivity (Wildman–Crippen MR) is 141 cm³/mol. The summed E-state index contributed by atoms with van der Waals surface area (Å²) in [7, 11) is 2.81. The highest BCUT2D eigenvalue weighted by Gasteiger charge is 2.48. The van der Waals surface area contributed by atoms with Crippen molar-refractivity contribution >= 4 is 39.9 Å². The molecule has 1 atom stereocenters. The molecule has 1 aliphatic heterocycles. The Morgan fingerprint density at radius 1 is 1.08 bits per heavy atom. The number of carbonyl (C=O) groups excluding carboxylic acids is 3. The second kappa shape index (κ2) is 10.2. The number of amides is 1. The molecule has 4 rings (SSSR count). The SMILES string of the molecule is COC(=O)c1sc(N2C(=O)C(=O)C(=C(O)c3ccc(OC)c(C)c3)[C@H]2c2ccc(C(C)C)cc2)nc1C. The molecule has 0 spiro atoms. The number of aromatic nitrogens is 1. The van der Waals surface area contributed by atoms with Crippen molar-refractivity contribution in [3.05, 3.63) is 80.9 Å². The Kier molecular flexibility index (Phi) is 7.18. The van der Waals surface area contributed by atoms with Crippen LogP contribution in [0.2, 0.25) is 0 Å². The van der Waals surface area contributed by atoms with E-state index in [0.717, 1.165) is 22.5 Å². The number of benzene rings is 2. The van der Waals surface area contributed by atoms with Gasteiger partial charge in [-0.25, -0.2) is 9.78 Å². The van der Waals surface area contributed by atoms with Crippen LogP contribution in [-0.4, -0.2) is 42.0 Å². The van der Waals surface area contributed by atoms with Crippen LogP contribution >= 0.6 is 11.3 Å². The van der Waals surface area contributed by atoms with Crippen LogP contribution in [0.1, 0.15) is 63.4 Å². The van der Waals surface area contributed by atoms with Gasteiger partial charge in [0.2, 0.25) is 0 Å². The molecule has 8 nitrogen and oxygen atoms in total. The van der Waals surface area contributed by atoms with E-state index in [2.05, 4.69) is 18.8 Å². The van der Waals surface area contributed by atoms with Crippen molar-refractivity contribution < 1.29 is 29.0 Å². The standard InChI is InChI=1S/C28H28N2O6S/c1-14(2)17-7-9-18(10-8-17)22-21(23(31)19-11-12-20(35-5)15(3)13-19)24(32)26(33)30(22)28-29-16(4)25(37-28)27(34)36-6/h7-14,22,31H,1-6H3/t22-/m1/s1. The molecule has 1 fully saturated rings. The number of hydrogen-bond acceptors (Lipinski definition) is 8. The molecule has 0 bridgehead atoms. The lowest BCUT2D eigenvalue weighted by Gasteiger charge is -2.23. The fourth-order valence-corrected chi connectivity index (χ4v) is 5.37. The Hall–Kier alpha value is -3.98. The van der Waals surface area contributed by atoms with E-state index in [9.17, 15) is 19.5 Å². The molecule has 2 aromatic carbocycles. The van der Waals surface area contributed by atoms with Gasteiger partial charge in [-0.1, -0.05) is 49.4 Å². The van der Waals surface area contributed by atoms with E-state index in [1.165, 1.54) is 12.0 Å². The quantitative estimate of drug-likeness (QED) is 0.203. The van der Waals surface area contributed by atoms with Crippen LogP contribution < -0.4 is 9.64 Å². The zero-order valence-electron chi connectivity index (χ0n) is 21.5. The summed E-state index contributed by atoms with van der Waals surface area (Å²) < 4.78 is 10.1. The second-order valence-corrected chi connectivity index (χ2v) is 10.1. The van der Waals surface area contributed by atoms with Crippen molar-refractivity contribution in [3.63, 3.8) is 0 Å². The molecule has 1 saturated heterocycles. The first-order chi connectivity index (χ1) is 17.6. The number of carbonyl (C=O) groups is 3. The maximum absolute atomic E-state index is 13.4. The normalized spacial score (nSPS) is 16.9. The minimum Gasteiger partial charge on any atom is -0.507 e. The van der Waals surface area contributed by atoms with Gasteiger partial charge in [0.05, 0.1) is 31.5 Å². The van der Waals surface area contributed by atoms with Crippen LogP contribution in [0.4, 0.5) is 5.13 Å². The summed E-state index contributed by atoms with van der Waals surface area (Å²) in [5.74, 6) is -1.64. The molecular formula is C28H28N2O6S. The second-order valence-electron chi connectivity index (χ2n) is 9.08. The number of thiazole rings is 1. The third kappa shape index (κ3) is 4.62. The van der Waals surface area contributed by atoms with Gasteiger partial charge in [0.25, 0.3) is 5.78 Å². The van der Waals surface area contributed by atoms with E-state index >= 15 is 0 Å². The molecule has 37 heavy (non-hydrogen) atoms. The average molecular weight is 521 g/mol. The molecule has 192 valence electrons. The van der Waals surface area contributed by atoms with Crippen molar-refractivity contribution in [2.24, 2.45) is 0 Å². The Morgan fingerprint density at radius 3 is 2.32 bits per heavy atom. The lowest BCUT2D eigenvalue weighted by molar-refractivity contribution is -0.132. The zero-order valence-corrected chi connectivity index (χ0v) is 22.3. The molecule has 1 amide bonds. The highest BCUT2D eigenvalue weighted by Crippen LogP contribution is 2.44. The van der Waals surface area contributed by atoms with Crippen LogP contribution in [0.3, 0.4) is 0 Å². The van der Waals surface area contributed by atoms with Crippen LogP contribution in [0.25, 0.3) is 5.76 Å². The first-order valence-electron chi connectivity index (χ1n) is 11.7. The van der Waals surface area contributed by atoms with Gasteiger partial charge in [-0.2, -0.15) is 0 Å². The summed E-state index contributed by atoms with van der Waals surface area (Å²) in [4.78, 5) is 44.9. The maximum Gasteiger partial charge on any atom is 0.350 e. The highest BCUT2D eigenvalue weighted by molar-refractivity contribution is 7.17. The van der Waals surface area contributed by atoms with Crippen LogP contribution in [0.15, 0.2) is 48.0 Å². The fraction of sp³-hybridized carbons (Fsp3) is 0.286. The molecule has 1 aromatic heterocycles. The lowest BCUT2D eigenvalue weighted by Crippen LogP contribution is -2.29. The molecular weight excluding hydrogens is 492 g/mol. The van der Waals surface area contributed by atoms with Gasteiger partial charge in [-0.05, 0) is 54.7 Å². The number of ether oxygens (including phenoxy) is 2. The zero-order chi connectivity index (χ0) is 27.0. The number of hydrogen-bond donors (Lipinski definition) is 1. The average Bonchev–Trinajstić information content (AvgIpc) is 3.39. The lowest BCUT2D eigenvalue weighted by atomic mass is 9.93. The summed E-state index contributed by atoms with van der Waals surface area (Å²) in [6.07, 6.45) is 0. The predicted octanol–water partition coefficient (Wildman–Crippen LogP) is 5.30. The van der Waals surface area contributed by atoms with Gasteiger partial charge in [-0.15, -0.1) is 0 Å². The first-order valence-corrected chi connectivity index (χ1v) is 12.5. The summed E-state index contributed by atoms with van der Waals surface area (Å²) in [6.45, 7) is 7.60. The smallest absolute Gasteiger partial charge is 0.350 e. The molecule has 2 heterocycles. The molecule has 0 radical (unpaired) electrons. The number of Topliss-reactive ketones (excluding diaryl/α,β-unsaturated/α-hetero) is 1.